The van der Waals surface area contributed by atoms with Crippen LogP contribution in [0.1, 0.15) is 0 Å². The van der Waals surface area contributed by atoms with Crippen molar-refractivity contribution in [3.8, 4) is 0 Å². The second kappa shape index (κ2) is 4.07. The summed E-state index contributed by atoms with van der Waals surface area (Å²) in [5, 5.41) is 8.69. The van der Waals surface area contributed by atoms with Gasteiger partial charge in [-0.3, -0.25) is 0 Å². The summed E-state index contributed by atoms with van der Waals surface area (Å²) in [7, 11) is 3.32. The Balaban J connectivity index is 3.14. The molecule has 1 aromatic heterocycles. The highest BCUT2D eigenvalue weighted by Gasteiger charge is 2.01. The third-order valence-corrected chi connectivity index (χ3v) is 1.20. The molecule has 1 aromatic rings. The van der Waals surface area contributed by atoms with Crippen LogP contribution in [0.25, 0.3) is 10.4 Å². The quantitative estimate of drug-likeness (QED) is 0.407. The number of rotatable bonds is 3. The van der Waals surface area contributed by atoms with E-state index in [1.807, 2.05) is 0 Å². The molecule has 2 N–H and O–H groups in total. The van der Waals surface area contributed by atoms with E-state index >= 15 is 0 Å². The highest BCUT2D eigenvalue weighted by Crippen LogP contribution is 2.10. The molecule has 0 aliphatic carbocycles. The number of anilines is 2. The van der Waals surface area contributed by atoms with Crippen LogP contribution in [0.4, 0.5) is 17.8 Å². The second-order valence-electron chi connectivity index (χ2n) is 1.97. The van der Waals surface area contributed by atoms with E-state index in [4.69, 9.17) is 5.53 Å². The third kappa shape index (κ3) is 2.17. The zero-order valence-corrected chi connectivity index (χ0v) is 7.18. The number of azide groups is 1. The van der Waals surface area contributed by atoms with Gasteiger partial charge in [0.1, 0.15) is 0 Å². The number of aromatic nitrogens is 3. The zero-order chi connectivity index (χ0) is 9.68. The van der Waals surface area contributed by atoms with Gasteiger partial charge in [0.05, 0.1) is 0 Å². The maximum absolute atomic E-state index is 8.16. The molecule has 0 aliphatic heterocycles. The summed E-state index contributed by atoms with van der Waals surface area (Å²) in [6.45, 7) is 0. The SMILES string of the molecule is CNc1nc(N=[N+]=[N-])nc(NC)n1. The van der Waals surface area contributed by atoms with Gasteiger partial charge in [0.15, 0.2) is 0 Å². The molecular formula is C5H8N8. The van der Waals surface area contributed by atoms with Crippen LogP contribution in [-0.4, -0.2) is 29.0 Å². The van der Waals surface area contributed by atoms with Gasteiger partial charge in [-0.05, 0) is 10.6 Å². The first-order valence-corrected chi connectivity index (χ1v) is 3.47. The summed E-state index contributed by atoms with van der Waals surface area (Å²) < 4.78 is 0. The molecule has 0 bridgehead atoms. The number of hydrogen-bond acceptors (Lipinski definition) is 6. The van der Waals surface area contributed by atoms with Crippen molar-refractivity contribution >= 4 is 17.8 Å². The fourth-order valence-electron chi connectivity index (χ4n) is 0.673. The monoisotopic (exact) mass is 180 g/mol. The van der Waals surface area contributed by atoms with Gasteiger partial charge in [-0.2, -0.15) is 15.0 Å². The average Bonchev–Trinajstić information content (AvgIpc) is 2.17. The zero-order valence-electron chi connectivity index (χ0n) is 7.18. The highest BCUT2D eigenvalue weighted by molar-refractivity contribution is 5.38. The molecule has 0 aromatic carbocycles. The van der Waals surface area contributed by atoms with E-state index in [0.29, 0.717) is 11.9 Å². The lowest BCUT2D eigenvalue weighted by atomic mass is 10.8. The molecule has 0 fully saturated rings. The Morgan fingerprint density at radius 2 is 1.69 bits per heavy atom. The van der Waals surface area contributed by atoms with Gasteiger partial charge in [-0.25, -0.2) is 0 Å². The van der Waals surface area contributed by atoms with Crippen molar-refractivity contribution in [1.82, 2.24) is 15.0 Å². The van der Waals surface area contributed by atoms with Gasteiger partial charge in [0.2, 0.25) is 17.8 Å². The summed E-state index contributed by atoms with van der Waals surface area (Å²) >= 11 is 0. The van der Waals surface area contributed by atoms with Crippen LogP contribution in [0, 0.1) is 0 Å². The minimum atomic E-state index is 0.0335. The Hall–Kier alpha value is -2.08. The van der Waals surface area contributed by atoms with E-state index in [1.54, 1.807) is 14.1 Å². The molecule has 0 amide bonds. The lowest BCUT2D eigenvalue weighted by Crippen LogP contribution is -2.02. The van der Waals surface area contributed by atoms with E-state index in [9.17, 15) is 0 Å². The van der Waals surface area contributed by atoms with Crippen molar-refractivity contribution in [3.05, 3.63) is 10.4 Å². The van der Waals surface area contributed by atoms with Crippen molar-refractivity contribution in [3.63, 3.8) is 0 Å². The lowest BCUT2D eigenvalue weighted by molar-refractivity contribution is 1.03. The van der Waals surface area contributed by atoms with E-state index in [2.05, 4.69) is 35.6 Å². The third-order valence-electron chi connectivity index (χ3n) is 1.20. The molecular weight excluding hydrogens is 172 g/mol. The predicted molar refractivity (Wildman–Crippen MR) is 47.7 cm³/mol. The first kappa shape index (κ1) is 9.01. The normalized spacial score (nSPS) is 8.77. The molecule has 68 valence electrons. The molecule has 0 unspecified atom stereocenters. The van der Waals surface area contributed by atoms with Gasteiger partial charge in [0, 0.05) is 19.0 Å². The van der Waals surface area contributed by atoms with Gasteiger partial charge >= 0.3 is 0 Å². The largest absolute Gasteiger partial charge is 0.357 e. The van der Waals surface area contributed by atoms with Crippen LogP contribution < -0.4 is 10.6 Å². The van der Waals surface area contributed by atoms with Crippen LogP contribution in [0.3, 0.4) is 0 Å². The minimum absolute atomic E-state index is 0.0335. The van der Waals surface area contributed by atoms with Crippen molar-refractivity contribution < 1.29 is 0 Å². The Morgan fingerprint density at radius 1 is 1.15 bits per heavy atom. The number of hydrogen-bond donors (Lipinski definition) is 2. The molecule has 0 aliphatic rings. The summed E-state index contributed by atoms with van der Waals surface area (Å²) in [4.78, 5) is 14.1. The molecule has 0 saturated carbocycles. The van der Waals surface area contributed by atoms with Gasteiger partial charge in [0.25, 0.3) is 0 Å². The van der Waals surface area contributed by atoms with E-state index in [-0.39, 0.29) is 5.95 Å². The number of nitrogens with one attached hydrogen (secondary N) is 2. The first-order chi connectivity index (χ1) is 6.30. The molecule has 1 heterocycles. The fraction of sp³-hybridized carbons (Fsp3) is 0.400. The summed E-state index contributed by atoms with van der Waals surface area (Å²) in [5.74, 6) is 0.731. The Kier molecular flexibility index (Phi) is 2.82. The van der Waals surface area contributed by atoms with Crippen LogP contribution in [0.15, 0.2) is 5.11 Å². The smallest absolute Gasteiger partial charge is 0.227 e. The number of nitrogens with zero attached hydrogens (tertiary/aromatic N) is 6. The van der Waals surface area contributed by atoms with E-state index in [1.165, 1.54) is 0 Å². The first-order valence-electron chi connectivity index (χ1n) is 3.47. The molecule has 13 heavy (non-hydrogen) atoms. The van der Waals surface area contributed by atoms with Crippen molar-refractivity contribution in [2.24, 2.45) is 5.11 Å². The Labute approximate surface area is 74.1 Å². The molecule has 0 atom stereocenters. The van der Waals surface area contributed by atoms with Crippen molar-refractivity contribution in [1.29, 1.82) is 0 Å². The maximum Gasteiger partial charge on any atom is 0.227 e. The average molecular weight is 180 g/mol. The van der Waals surface area contributed by atoms with Gasteiger partial charge in [-0.15, -0.1) is 0 Å². The van der Waals surface area contributed by atoms with Crippen molar-refractivity contribution in [2.45, 2.75) is 0 Å². The molecule has 0 saturated heterocycles. The summed E-state index contributed by atoms with van der Waals surface area (Å²) in [5.41, 5.74) is 8.16. The highest BCUT2D eigenvalue weighted by atomic mass is 15.3. The van der Waals surface area contributed by atoms with Gasteiger partial charge in [-0.1, -0.05) is 0 Å². The summed E-state index contributed by atoms with van der Waals surface area (Å²) in [6, 6.07) is 0. The molecule has 8 heteroatoms. The molecule has 0 radical (unpaired) electrons. The Bertz CT molecular complexity index is 318. The van der Waals surface area contributed by atoms with E-state index in [0.717, 1.165) is 0 Å². The van der Waals surface area contributed by atoms with Crippen LogP contribution in [0.5, 0.6) is 0 Å². The fourth-order valence-corrected chi connectivity index (χ4v) is 0.673. The predicted octanol–water partition coefficient (Wildman–Crippen LogP) is 0.897. The molecule has 0 spiro atoms. The van der Waals surface area contributed by atoms with Crippen LogP contribution in [0.2, 0.25) is 0 Å². The minimum Gasteiger partial charge on any atom is -0.357 e. The van der Waals surface area contributed by atoms with Crippen molar-refractivity contribution in [2.75, 3.05) is 24.7 Å². The maximum atomic E-state index is 8.16. The second-order valence-corrected chi connectivity index (χ2v) is 1.97. The van der Waals surface area contributed by atoms with Gasteiger partial charge < -0.3 is 10.6 Å². The Morgan fingerprint density at radius 3 is 2.08 bits per heavy atom. The van der Waals surface area contributed by atoms with Crippen LogP contribution >= 0.6 is 0 Å². The molecule has 1 rings (SSSR count). The van der Waals surface area contributed by atoms with E-state index < -0.39 is 0 Å². The van der Waals surface area contributed by atoms with Crippen LogP contribution in [-0.2, 0) is 0 Å². The topological polar surface area (TPSA) is 111 Å². The lowest BCUT2D eigenvalue weighted by Gasteiger charge is -2.01. The standard InChI is InChI=1S/C5H8N8/c1-7-3-9-4(8-2)11-5(10-3)12-13-6/h1-2H3,(H2,7,8,9,10,11). The summed E-state index contributed by atoms with van der Waals surface area (Å²) in [6.07, 6.45) is 0. The molecule has 8 nitrogen and oxygen atoms in total.